The van der Waals surface area contributed by atoms with Crippen LogP contribution >= 0.6 is 0 Å². The molecule has 0 aromatic rings. The van der Waals surface area contributed by atoms with Crippen LogP contribution in [0, 0.1) is 0 Å². The summed E-state index contributed by atoms with van der Waals surface area (Å²) in [5.41, 5.74) is -5.12. The van der Waals surface area contributed by atoms with E-state index in [0.29, 0.717) is 5.64 Å². The van der Waals surface area contributed by atoms with E-state index in [-0.39, 0.29) is 0 Å². The lowest BCUT2D eigenvalue weighted by atomic mass is 11.6. The fraction of sp³-hybridized carbons (Fsp3) is 1.00. The van der Waals surface area contributed by atoms with Gasteiger partial charge in [0.15, 0.2) is 0 Å². The predicted octanol–water partition coefficient (Wildman–Crippen LogP) is -0.254. The molecule has 0 saturated carbocycles. The molecule has 62 valence electrons. The van der Waals surface area contributed by atoms with Gasteiger partial charge in [0.2, 0.25) is 0 Å². The topological polar surface area (TPSA) is 75.6 Å². The van der Waals surface area contributed by atoms with E-state index in [1.807, 2.05) is 0 Å². The molecular formula is CH2F3NO4S. The van der Waals surface area contributed by atoms with Crippen molar-refractivity contribution in [3.8, 4) is 0 Å². The van der Waals surface area contributed by atoms with E-state index in [0.717, 1.165) is 0 Å². The Labute approximate surface area is 53.4 Å². The maximum absolute atomic E-state index is 11.2. The molecule has 0 fully saturated rings. The lowest BCUT2D eigenvalue weighted by Gasteiger charge is -2.04. The van der Waals surface area contributed by atoms with Crippen LogP contribution < -0.4 is 5.64 Å². The molecule has 9 heteroatoms. The van der Waals surface area contributed by atoms with E-state index in [1.165, 1.54) is 0 Å². The van der Waals surface area contributed by atoms with Crippen molar-refractivity contribution >= 4 is 10.1 Å². The Bertz CT molecular complexity index is 193. The monoisotopic (exact) mass is 181 g/mol. The molecule has 0 saturated heterocycles. The number of hydrogen-bond donors (Lipinski definition) is 2. The lowest BCUT2D eigenvalue weighted by molar-refractivity contribution is -0.0891. The highest BCUT2D eigenvalue weighted by Gasteiger charge is 2.47. The summed E-state index contributed by atoms with van der Waals surface area (Å²) in [5.74, 6) is 0. The maximum atomic E-state index is 11.2. The molecule has 0 aliphatic rings. The third kappa shape index (κ3) is 2.10. The Hall–Kier alpha value is -0.380. The first kappa shape index (κ1) is 9.62. The molecule has 0 aromatic carbocycles. The minimum absolute atomic E-state index is 0.407. The second-order valence-electron chi connectivity index (χ2n) is 1.07. The van der Waals surface area contributed by atoms with Gasteiger partial charge in [0.1, 0.15) is 0 Å². The van der Waals surface area contributed by atoms with Gasteiger partial charge in [-0.2, -0.15) is 21.6 Å². The number of rotatable bonds is 2. The van der Waals surface area contributed by atoms with Crippen molar-refractivity contribution in [3.63, 3.8) is 0 Å². The average Bonchev–Trinajstić information content (AvgIpc) is 1.61. The van der Waals surface area contributed by atoms with Gasteiger partial charge in [-0.15, -0.1) is 4.28 Å². The van der Waals surface area contributed by atoms with E-state index < -0.39 is 15.6 Å². The Balaban J connectivity index is 4.44. The summed E-state index contributed by atoms with van der Waals surface area (Å²) < 4.78 is 55.6. The second kappa shape index (κ2) is 2.70. The molecule has 0 heterocycles. The third-order valence-electron chi connectivity index (χ3n) is 0.430. The summed E-state index contributed by atoms with van der Waals surface area (Å²) >= 11 is 0. The quantitative estimate of drug-likeness (QED) is 0.453. The molecule has 0 rings (SSSR count). The molecule has 0 spiro atoms. The summed E-state index contributed by atoms with van der Waals surface area (Å²) in [6, 6.07) is 0. The zero-order chi connectivity index (χ0) is 8.41. The predicted molar refractivity (Wildman–Crippen MR) is 21.0 cm³/mol. The number of alkyl halides is 3. The van der Waals surface area contributed by atoms with Crippen molar-refractivity contribution in [1.82, 2.24) is 5.64 Å². The van der Waals surface area contributed by atoms with Crippen molar-refractivity contribution in [2.24, 2.45) is 0 Å². The molecule has 0 amide bonds. The standard InChI is InChI=1S/CH2F3NO4S/c2-1(3,4)10(7,8)9-5-6/h5-6H. The van der Waals surface area contributed by atoms with Crippen LogP contribution in [0.15, 0.2) is 0 Å². The Morgan fingerprint density at radius 1 is 1.40 bits per heavy atom. The minimum Gasteiger partial charge on any atom is -0.291 e. The second-order valence-corrected chi connectivity index (χ2v) is 2.61. The Morgan fingerprint density at radius 2 is 1.80 bits per heavy atom. The molecule has 0 aromatic heterocycles. The lowest BCUT2D eigenvalue weighted by Crippen LogP contribution is -2.29. The van der Waals surface area contributed by atoms with Gasteiger partial charge in [-0.05, 0) is 0 Å². The molecular weight excluding hydrogens is 179 g/mol. The normalized spacial score (nSPS) is 13.6. The first-order valence-electron chi connectivity index (χ1n) is 1.70. The summed E-state index contributed by atoms with van der Waals surface area (Å²) in [4.78, 5) is 0. The van der Waals surface area contributed by atoms with Gasteiger partial charge < -0.3 is 0 Å². The summed E-state index contributed by atoms with van der Waals surface area (Å²) in [5, 5.41) is 7.41. The average molecular weight is 181 g/mol. The van der Waals surface area contributed by atoms with E-state index in [4.69, 9.17) is 5.21 Å². The summed E-state index contributed by atoms with van der Waals surface area (Å²) in [6.07, 6.45) is 0. The largest absolute Gasteiger partial charge is 0.524 e. The van der Waals surface area contributed by atoms with E-state index in [2.05, 4.69) is 4.28 Å². The maximum Gasteiger partial charge on any atom is 0.524 e. The van der Waals surface area contributed by atoms with Crippen LogP contribution in [0.4, 0.5) is 13.2 Å². The molecule has 10 heavy (non-hydrogen) atoms. The minimum atomic E-state index is -5.71. The number of hydrogen-bond acceptors (Lipinski definition) is 5. The van der Waals surface area contributed by atoms with Crippen molar-refractivity contribution < 1.29 is 31.1 Å². The zero-order valence-corrected chi connectivity index (χ0v) is 5.03. The van der Waals surface area contributed by atoms with E-state index in [1.54, 1.807) is 0 Å². The van der Waals surface area contributed by atoms with Crippen LogP contribution in [0.5, 0.6) is 0 Å². The van der Waals surface area contributed by atoms with Gasteiger partial charge in [0, 0.05) is 0 Å². The summed E-state index contributed by atoms with van der Waals surface area (Å²) in [7, 11) is -5.71. The van der Waals surface area contributed by atoms with Gasteiger partial charge >= 0.3 is 15.6 Å². The Kier molecular flexibility index (Phi) is 2.60. The number of nitrogens with one attached hydrogen (secondary N) is 1. The van der Waals surface area contributed by atoms with Crippen molar-refractivity contribution in [1.29, 1.82) is 0 Å². The molecule has 0 bridgehead atoms. The highest BCUT2D eigenvalue weighted by molar-refractivity contribution is 7.87. The molecule has 0 aliphatic carbocycles. The summed E-state index contributed by atoms with van der Waals surface area (Å²) in [6.45, 7) is 0. The molecule has 0 unspecified atom stereocenters. The Morgan fingerprint density at radius 3 is 1.90 bits per heavy atom. The van der Waals surface area contributed by atoms with Gasteiger partial charge in [0.25, 0.3) is 0 Å². The smallest absolute Gasteiger partial charge is 0.291 e. The third-order valence-corrected chi connectivity index (χ3v) is 1.29. The molecule has 5 nitrogen and oxygen atoms in total. The molecule has 0 atom stereocenters. The molecule has 0 aliphatic heterocycles. The van der Waals surface area contributed by atoms with Gasteiger partial charge in [-0.25, -0.2) is 0 Å². The van der Waals surface area contributed by atoms with Gasteiger partial charge in [-0.3, -0.25) is 5.21 Å². The van der Waals surface area contributed by atoms with Crippen LogP contribution in [0.1, 0.15) is 0 Å². The molecule has 0 radical (unpaired) electrons. The van der Waals surface area contributed by atoms with Crippen LogP contribution in [-0.2, 0) is 14.4 Å². The van der Waals surface area contributed by atoms with Crippen molar-refractivity contribution in [3.05, 3.63) is 0 Å². The SMILES string of the molecule is O=S(=O)(ONO)C(F)(F)F. The first-order chi connectivity index (χ1) is 4.31. The van der Waals surface area contributed by atoms with E-state index >= 15 is 0 Å². The van der Waals surface area contributed by atoms with Crippen molar-refractivity contribution in [2.75, 3.05) is 0 Å². The fourth-order valence-corrected chi connectivity index (χ4v) is 0.289. The number of halogens is 3. The van der Waals surface area contributed by atoms with Gasteiger partial charge in [0.05, 0.1) is 0 Å². The van der Waals surface area contributed by atoms with Crippen molar-refractivity contribution in [2.45, 2.75) is 5.51 Å². The van der Waals surface area contributed by atoms with Crippen LogP contribution in [0.25, 0.3) is 0 Å². The fourth-order valence-electron chi connectivity index (χ4n) is 0.0963. The highest BCUT2D eigenvalue weighted by Crippen LogP contribution is 2.23. The molecule has 2 N–H and O–H groups in total. The van der Waals surface area contributed by atoms with Crippen LogP contribution in [0.2, 0.25) is 0 Å². The highest BCUT2D eigenvalue weighted by atomic mass is 32.2. The van der Waals surface area contributed by atoms with Crippen LogP contribution in [0.3, 0.4) is 0 Å². The van der Waals surface area contributed by atoms with Gasteiger partial charge in [-0.1, -0.05) is 5.64 Å². The van der Waals surface area contributed by atoms with E-state index in [9.17, 15) is 21.6 Å². The van der Waals surface area contributed by atoms with Crippen LogP contribution in [-0.4, -0.2) is 19.1 Å². The zero-order valence-electron chi connectivity index (χ0n) is 4.21. The first-order valence-corrected chi connectivity index (χ1v) is 3.11.